The van der Waals surface area contributed by atoms with Gasteiger partial charge in [-0.25, -0.2) is 15.0 Å². The number of halogens is 3. The molecule has 0 aliphatic rings. The van der Waals surface area contributed by atoms with Gasteiger partial charge >= 0.3 is 6.18 Å². The molecule has 0 aliphatic carbocycles. The maximum atomic E-state index is 12.1. The Bertz CT molecular complexity index is 585. The predicted octanol–water partition coefficient (Wildman–Crippen LogP) is 0.746. The predicted molar refractivity (Wildman–Crippen MR) is 88.3 cm³/mol. The van der Waals surface area contributed by atoms with E-state index in [2.05, 4.69) is 25.6 Å². The molecule has 1 rings (SSSR count). The van der Waals surface area contributed by atoms with Gasteiger partial charge in [-0.3, -0.25) is 4.79 Å². The molecule has 0 saturated carbocycles. The largest absolute Gasteiger partial charge is 0.408 e. The van der Waals surface area contributed by atoms with Crippen LogP contribution in [-0.2, 0) is 4.79 Å². The van der Waals surface area contributed by atoms with Crippen molar-refractivity contribution in [3.05, 3.63) is 12.3 Å². The minimum Gasteiger partial charge on any atom is -0.395 e. The number of anilines is 1. The molecule has 0 bridgehead atoms. The van der Waals surface area contributed by atoms with Crippen molar-refractivity contribution in [2.45, 2.75) is 24.2 Å². The molecule has 0 aromatic carbocycles. The van der Waals surface area contributed by atoms with Crippen LogP contribution in [0, 0.1) is 0 Å². The van der Waals surface area contributed by atoms with Crippen molar-refractivity contribution in [3.63, 3.8) is 0 Å². The molecule has 5 N–H and O–H groups in total. The van der Waals surface area contributed by atoms with Crippen LogP contribution in [0.1, 0.15) is 12.8 Å². The number of rotatable bonds is 9. The maximum absolute atomic E-state index is 12.1. The number of aliphatic imine (C=N–C) groups is 1. The second-order valence-corrected chi connectivity index (χ2v) is 5.75. The van der Waals surface area contributed by atoms with Crippen LogP contribution in [0.2, 0.25) is 0 Å². The highest BCUT2D eigenvalue weighted by Gasteiger charge is 2.26. The molecule has 1 aromatic rings. The summed E-state index contributed by atoms with van der Waals surface area (Å²) in [5, 5.41) is 14.0. The number of thioether (sulfide) groups is 1. The molecule has 0 atom stereocenters. The molecule has 12 heteroatoms. The van der Waals surface area contributed by atoms with Crippen molar-refractivity contribution in [1.82, 2.24) is 15.3 Å². The molecule has 8 nitrogen and oxygen atoms in total. The van der Waals surface area contributed by atoms with Crippen LogP contribution in [0.3, 0.4) is 0 Å². The quantitative estimate of drug-likeness (QED) is 0.164. The number of amides is 1. The number of nitrogens with zero attached hydrogens (tertiary/aromatic N) is 3. The van der Waals surface area contributed by atoms with Crippen molar-refractivity contribution in [2.75, 3.05) is 30.8 Å². The molecule has 0 aliphatic heterocycles. The smallest absolute Gasteiger partial charge is 0.395 e. The Labute approximate surface area is 146 Å². The van der Waals surface area contributed by atoms with E-state index in [0.717, 1.165) is 0 Å². The molecule has 140 valence electrons. The summed E-state index contributed by atoms with van der Waals surface area (Å²) in [5.41, 5.74) is 5.37. The highest BCUT2D eigenvalue weighted by molar-refractivity contribution is 7.99. The van der Waals surface area contributed by atoms with Crippen LogP contribution in [0.5, 0.6) is 0 Å². The second kappa shape index (κ2) is 10.7. The summed E-state index contributed by atoms with van der Waals surface area (Å²) in [4.78, 5) is 22.6. The molecular weight excluding hydrogens is 361 g/mol. The van der Waals surface area contributed by atoms with E-state index in [1.54, 1.807) is 0 Å². The Morgan fingerprint density at radius 1 is 1.44 bits per heavy atom. The first-order valence-corrected chi connectivity index (χ1v) is 8.26. The van der Waals surface area contributed by atoms with Gasteiger partial charge in [0.25, 0.3) is 0 Å². The summed E-state index contributed by atoms with van der Waals surface area (Å²) in [6.07, 6.45) is -2.11. The minimum atomic E-state index is -4.43. The first-order valence-electron chi connectivity index (χ1n) is 7.27. The first kappa shape index (κ1) is 21.0. The summed E-state index contributed by atoms with van der Waals surface area (Å²) >= 11 is 1.29. The number of nitrogens with two attached hydrogens (primary N) is 1. The standard InChI is InChI=1S/C13H19F3N6O2S/c14-13(15,16)8-20-11(17)21-9-3-4-19-12(22-9)25-7-1-2-10(24)18-5-6-23/h3-4,23H,1-2,5-8H2,(H,18,24)(H3,17,19,20,21,22). The van der Waals surface area contributed by atoms with Gasteiger partial charge in [-0.15, -0.1) is 0 Å². The number of nitrogens with one attached hydrogen (secondary N) is 2. The number of aromatic nitrogens is 2. The van der Waals surface area contributed by atoms with Gasteiger partial charge in [0.05, 0.1) is 6.61 Å². The molecule has 1 heterocycles. The number of aliphatic hydroxyl groups is 1. The fourth-order valence-corrected chi connectivity index (χ4v) is 2.27. The molecule has 1 amide bonds. The third-order valence-corrected chi connectivity index (χ3v) is 3.48. The normalized spacial score (nSPS) is 12.1. The monoisotopic (exact) mass is 380 g/mol. The highest BCUT2D eigenvalue weighted by atomic mass is 32.2. The summed E-state index contributed by atoms with van der Waals surface area (Å²) in [6.45, 7) is -1.26. The summed E-state index contributed by atoms with van der Waals surface area (Å²) < 4.78 is 36.2. The molecule has 0 saturated heterocycles. The van der Waals surface area contributed by atoms with E-state index in [1.807, 2.05) is 0 Å². The molecule has 0 radical (unpaired) electrons. The van der Waals surface area contributed by atoms with Crippen LogP contribution in [0.4, 0.5) is 19.0 Å². The van der Waals surface area contributed by atoms with E-state index in [9.17, 15) is 18.0 Å². The SMILES string of the molecule is NC(=NCC(F)(F)F)Nc1ccnc(SCCCC(=O)NCCO)n1. The van der Waals surface area contributed by atoms with Crippen molar-refractivity contribution >= 4 is 29.4 Å². The topological polar surface area (TPSA) is 126 Å². The van der Waals surface area contributed by atoms with E-state index >= 15 is 0 Å². The van der Waals surface area contributed by atoms with Gasteiger partial charge in [0.1, 0.15) is 12.4 Å². The van der Waals surface area contributed by atoms with Crippen molar-refractivity contribution in [2.24, 2.45) is 10.7 Å². The Morgan fingerprint density at radius 3 is 2.88 bits per heavy atom. The zero-order valence-electron chi connectivity index (χ0n) is 13.2. The summed E-state index contributed by atoms with van der Waals surface area (Å²) in [6, 6.07) is 1.45. The molecule has 1 aromatic heterocycles. The van der Waals surface area contributed by atoms with E-state index in [-0.39, 0.29) is 24.9 Å². The zero-order valence-corrected chi connectivity index (χ0v) is 14.0. The van der Waals surface area contributed by atoms with E-state index in [0.29, 0.717) is 23.8 Å². The fourth-order valence-electron chi connectivity index (χ4n) is 1.51. The van der Waals surface area contributed by atoms with Gasteiger partial charge in [-0.1, -0.05) is 11.8 Å². The van der Waals surface area contributed by atoms with Gasteiger partial charge < -0.3 is 21.5 Å². The number of carbonyl (C=O) groups excluding carboxylic acids is 1. The van der Waals surface area contributed by atoms with Crippen LogP contribution in [0.25, 0.3) is 0 Å². The number of aliphatic hydroxyl groups excluding tert-OH is 1. The third-order valence-electron chi connectivity index (χ3n) is 2.53. The Balaban J connectivity index is 2.41. The summed E-state index contributed by atoms with van der Waals surface area (Å²) in [7, 11) is 0. The molecular formula is C13H19F3N6O2S. The lowest BCUT2D eigenvalue weighted by molar-refractivity contribution is -0.121. The first-order chi connectivity index (χ1) is 11.8. The fraction of sp³-hybridized carbons (Fsp3) is 0.538. The number of hydrogen-bond donors (Lipinski definition) is 4. The van der Waals surface area contributed by atoms with E-state index in [4.69, 9.17) is 10.8 Å². The molecule has 0 fully saturated rings. The highest BCUT2D eigenvalue weighted by Crippen LogP contribution is 2.17. The van der Waals surface area contributed by atoms with Gasteiger partial charge in [-0.2, -0.15) is 13.2 Å². The van der Waals surface area contributed by atoms with Crippen molar-refractivity contribution in [3.8, 4) is 0 Å². The lowest BCUT2D eigenvalue weighted by atomic mass is 10.3. The number of guanidine groups is 1. The lowest BCUT2D eigenvalue weighted by Crippen LogP contribution is -2.26. The van der Waals surface area contributed by atoms with Crippen LogP contribution < -0.4 is 16.4 Å². The minimum absolute atomic E-state index is 0.108. The van der Waals surface area contributed by atoms with Crippen molar-refractivity contribution in [1.29, 1.82) is 0 Å². The molecule has 25 heavy (non-hydrogen) atoms. The van der Waals surface area contributed by atoms with Gasteiger partial charge in [0, 0.05) is 24.9 Å². The van der Waals surface area contributed by atoms with E-state index < -0.39 is 18.7 Å². The van der Waals surface area contributed by atoms with Gasteiger partial charge in [0.15, 0.2) is 11.1 Å². The van der Waals surface area contributed by atoms with Gasteiger partial charge in [0.2, 0.25) is 5.91 Å². The Morgan fingerprint density at radius 2 is 2.20 bits per heavy atom. The Kier molecular flexibility index (Phi) is 8.99. The Hall–Kier alpha value is -2.08. The van der Waals surface area contributed by atoms with Gasteiger partial charge in [-0.05, 0) is 12.5 Å². The lowest BCUT2D eigenvalue weighted by Gasteiger charge is -2.07. The van der Waals surface area contributed by atoms with Crippen molar-refractivity contribution < 1.29 is 23.1 Å². The number of carbonyl (C=O) groups is 1. The summed E-state index contributed by atoms with van der Waals surface area (Å²) in [5.74, 6) is 0.252. The molecule has 0 spiro atoms. The third kappa shape index (κ3) is 10.4. The van der Waals surface area contributed by atoms with E-state index in [1.165, 1.54) is 24.0 Å². The number of hydrogen-bond acceptors (Lipinski definition) is 6. The van der Waals surface area contributed by atoms with Crippen LogP contribution in [0.15, 0.2) is 22.4 Å². The molecule has 0 unspecified atom stereocenters. The second-order valence-electron chi connectivity index (χ2n) is 4.69. The average Bonchev–Trinajstić information content (AvgIpc) is 2.55. The van der Waals surface area contributed by atoms with Crippen LogP contribution in [-0.4, -0.2) is 58.6 Å². The number of alkyl halides is 3. The maximum Gasteiger partial charge on any atom is 0.408 e. The zero-order chi connectivity index (χ0) is 18.7. The van der Waals surface area contributed by atoms with Crippen LogP contribution >= 0.6 is 11.8 Å². The average molecular weight is 380 g/mol.